The highest BCUT2D eigenvalue weighted by Gasteiger charge is 1.96. The summed E-state index contributed by atoms with van der Waals surface area (Å²) in [4.78, 5) is 4.30. The van der Waals surface area contributed by atoms with Crippen LogP contribution in [0.15, 0.2) is 42.6 Å². The minimum absolute atomic E-state index is 0.821. The summed E-state index contributed by atoms with van der Waals surface area (Å²) in [6, 6.07) is 12.9. The van der Waals surface area contributed by atoms with Crippen molar-refractivity contribution in [3.8, 4) is 0 Å². The molecule has 0 aliphatic carbocycles. The topological polar surface area (TPSA) is 24.9 Å². The summed E-state index contributed by atoms with van der Waals surface area (Å²) >= 11 is 0. The molecule has 1 N–H and O–H groups in total. The fourth-order valence-corrected chi connectivity index (χ4v) is 1.98. The van der Waals surface area contributed by atoms with Crippen molar-refractivity contribution in [1.29, 1.82) is 0 Å². The maximum absolute atomic E-state index is 4.30. The van der Waals surface area contributed by atoms with Gasteiger partial charge in [-0.3, -0.25) is 4.98 Å². The number of hydrogen-bond donors (Lipinski definition) is 1. The van der Waals surface area contributed by atoms with E-state index in [1.54, 1.807) is 0 Å². The van der Waals surface area contributed by atoms with Gasteiger partial charge in [0.05, 0.1) is 0 Å². The number of unbranched alkanes of at least 4 members (excludes halogenated alkanes) is 1. The smallest absolute Gasteiger partial charge is 0.0416 e. The number of benzene rings is 1. The molecule has 0 radical (unpaired) electrons. The molecule has 2 aromatic rings. The molecular weight excluding hydrogens is 232 g/mol. The summed E-state index contributed by atoms with van der Waals surface area (Å²) in [6.45, 7) is 5.05. The Balaban J connectivity index is 1.87. The largest absolute Gasteiger partial charge is 0.381 e. The van der Waals surface area contributed by atoms with Gasteiger partial charge in [-0.05, 0) is 49.1 Å². The van der Waals surface area contributed by atoms with Crippen molar-refractivity contribution in [2.45, 2.75) is 39.7 Å². The Kier molecular flexibility index (Phi) is 4.96. The third-order valence-corrected chi connectivity index (χ3v) is 3.24. The predicted octanol–water partition coefficient (Wildman–Crippen LogP) is 4.34. The van der Waals surface area contributed by atoms with Crippen molar-refractivity contribution < 1.29 is 0 Å². The summed E-state index contributed by atoms with van der Waals surface area (Å²) in [6.07, 6.45) is 5.62. The van der Waals surface area contributed by atoms with Gasteiger partial charge in [-0.2, -0.15) is 0 Å². The molecule has 1 aromatic carbocycles. The average Bonchev–Trinajstić information content (AvgIpc) is 2.46. The van der Waals surface area contributed by atoms with E-state index in [-0.39, 0.29) is 0 Å². The number of aromatic nitrogens is 1. The minimum atomic E-state index is 0.821. The molecule has 0 amide bonds. The number of rotatable bonds is 6. The lowest BCUT2D eigenvalue weighted by Gasteiger charge is -2.07. The quantitative estimate of drug-likeness (QED) is 0.829. The maximum atomic E-state index is 4.30. The zero-order valence-electron chi connectivity index (χ0n) is 11.8. The molecule has 0 unspecified atom stereocenters. The van der Waals surface area contributed by atoms with E-state index in [9.17, 15) is 0 Å². The van der Waals surface area contributed by atoms with Gasteiger partial charge < -0.3 is 5.32 Å². The van der Waals surface area contributed by atoms with Crippen LogP contribution in [0.4, 0.5) is 5.69 Å². The van der Waals surface area contributed by atoms with Crippen LogP contribution in [0.2, 0.25) is 0 Å². The van der Waals surface area contributed by atoms with Crippen LogP contribution < -0.4 is 5.32 Å². The second-order valence-electron chi connectivity index (χ2n) is 4.96. The Labute approximate surface area is 115 Å². The molecule has 0 aliphatic heterocycles. The zero-order chi connectivity index (χ0) is 13.5. The highest BCUT2D eigenvalue weighted by Crippen LogP contribution is 2.13. The van der Waals surface area contributed by atoms with Crippen molar-refractivity contribution in [3.63, 3.8) is 0 Å². The molecule has 100 valence electrons. The van der Waals surface area contributed by atoms with Gasteiger partial charge in [0, 0.05) is 24.1 Å². The van der Waals surface area contributed by atoms with E-state index in [0.29, 0.717) is 0 Å². The molecule has 0 saturated carbocycles. The molecule has 2 rings (SSSR count). The molecule has 19 heavy (non-hydrogen) atoms. The summed E-state index contributed by atoms with van der Waals surface area (Å²) in [5.74, 6) is 0. The molecule has 0 atom stereocenters. The van der Waals surface area contributed by atoms with Gasteiger partial charge in [0.1, 0.15) is 0 Å². The average molecular weight is 254 g/mol. The molecule has 0 saturated heterocycles. The van der Waals surface area contributed by atoms with E-state index in [0.717, 1.165) is 12.2 Å². The van der Waals surface area contributed by atoms with Gasteiger partial charge in [0.25, 0.3) is 0 Å². The van der Waals surface area contributed by atoms with Gasteiger partial charge in [-0.25, -0.2) is 0 Å². The number of anilines is 1. The predicted molar refractivity (Wildman–Crippen MR) is 81.4 cm³/mol. The van der Waals surface area contributed by atoms with Crippen molar-refractivity contribution in [1.82, 2.24) is 4.98 Å². The van der Waals surface area contributed by atoms with Crippen LogP contribution >= 0.6 is 0 Å². The Hall–Kier alpha value is -1.83. The first-order valence-electron chi connectivity index (χ1n) is 7.02. The highest BCUT2D eigenvalue weighted by atomic mass is 14.9. The van der Waals surface area contributed by atoms with Crippen molar-refractivity contribution in [2.24, 2.45) is 0 Å². The van der Waals surface area contributed by atoms with E-state index >= 15 is 0 Å². The van der Waals surface area contributed by atoms with Crippen molar-refractivity contribution in [3.05, 3.63) is 59.4 Å². The third kappa shape index (κ3) is 4.40. The molecule has 0 bridgehead atoms. The highest BCUT2D eigenvalue weighted by molar-refractivity contribution is 5.45. The van der Waals surface area contributed by atoms with Crippen LogP contribution in [-0.4, -0.2) is 4.98 Å². The first-order valence-corrected chi connectivity index (χ1v) is 7.02. The number of aryl methyl sites for hydroxylation is 2. The second kappa shape index (κ2) is 6.93. The van der Waals surface area contributed by atoms with Gasteiger partial charge in [0.2, 0.25) is 0 Å². The number of nitrogens with one attached hydrogen (secondary N) is 1. The fourth-order valence-electron chi connectivity index (χ4n) is 1.98. The van der Waals surface area contributed by atoms with Crippen molar-refractivity contribution in [2.75, 3.05) is 5.32 Å². The summed E-state index contributed by atoms with van der Waals surface area (Å²) in [5.41, 5.74) is 4.86. The number of hydrogen-bond acceptors (Lipinski definition) is 2. The van der Waals surface area contributed by atoms with E-state index in [1.165, 1.54) is 36.1 Å². The summed E-state index contributed by atoms with van der Waals surface area (Å²) in [5, 5.41) is 3.42. The van der Waals surface area contributed by atoms with Crippen molar-refractivity contribution >= 4 is 5.69 Å². The molecule has 2 heteroatoms. The summed E-state index contributed by atoms with van der Waals surface area (Å²) in [7, 11) is 0. The van der Waals surface area contributed by atoms with Crippen LogP contribution in [0.1, 0.15) is 36.6 Å². The molecule has 0 spiro atoms. The van der Waals surface area contributed by atoms with Gasteiger partial charge in [0.15, 0.2) is 0 Å². The Morgan fingerprint density at radius 2 is 1.74 bits per heavy atom. The molecule has 2 nitrogen and oxygen atoms in total. The molecular formula is C17H22N2. The molecule has 1 aromatic heterocycles. The van der Waals surface area contributed by atoms with Gasteiger partial charge >= 0.3 is 0 Å². The maximum Gasteiger partial charge on any atom is 0.0416 e. The Morgan fingerprint density at radius 3 is 2.37 bits per heavy atom. The molecule has 0 fully saturated rings. The lowest BCUT2D eigenvalue weighted by Crippen LogP contribution is -2.00. The Bertz CT molecular complexity index is 486. The second-order valence-corrected chi connectivity index (χ2v) is 4.96. The standard InChI is InChI=1S/C17H22N2/c1-3-4-5-15-8-10-17(11-9-15)19-13-16-7-6-14(2)18-12-16/h6-12,19H,3-5,13H2,1-2H3. The SMILES string of the molecule is CCCCc1ccc(NCc2ccc(C)nc2)cc1. The van der Waals surface area contributed by atoms with E-state index < -0.39 is 0 Å². The van der Waals surface area contributed by atoms with Gasteiger partial charge in [-0.15, -0.1) is 0 Å². The van der Waals surface area contributed by atoms with E-state index in [1.807, 2.05) is 19.2 Å². The zero-order valence-corrected chi connectivity index (χ0v) is 11.8. The van der Waals surface area contributed by atoms with Crippen LogP contribution in [0.5, 0.6) is 0 Å². The van der Waals surface area contributed by atoms with Crippen LogP contribution in [0.25, 0.3) is 0 Å². The van der Waals surface area contributed by atoms with E-state index in [2.05, 4.69) is 47.6 Å². The molecule has 1 heterocycles. The normalized spacial score (nSPS) is 10.4. The van der Waals surface area contributed by atoms with Crippen LogP contribution in [0.3, 0.4) is 0 Å². The monoisotopic (exact) mass is 254 g/mol. The molecule has 0 aliphatic rings. The summed E-state index contributed by atoms with van der Waals surface area (Å²) < 4.78 is 0. The van der Waals surface area contributed by atoms with Gasteiger partial charge in [-0.1, -0.05) is 31.5 Å². The third-order valence-electron chi connectivity index (χ3n) is 3.24. The van der Waals surface area contributed by atoms with Crippen LogP contribution in [0, 0.1) is 6.92 Å². The minimum Gasteiger partial charge on any atom is -0.381 e. The number of nitrogens with zero attached hydrogens (tertiary/aromatic N) is 1. The lowest BCUT2D eigenvalue weighted by atomic mass is 10.1. The first-order chi connectivity index (χ1) is 9.28. The van der Waals surface area contributed by atoms with Crippen LogP contribution in [-0.2, 0) is 13.0 Å². The fraction of sp³-hybridized carbons (Fsp3) is 0.353. The lowest BCUT2D eigenvalue weighted by molar-refractivity contribution is 0.795. The Morgan fingerprint density at radius 1 is 1.00 bits per heavy atom. The number of pyridine rings is 1. The van der Waals surface area contributed by atoms with E-state index in [4.69, 9.17) is 0 Å². The first kappa shape index (κ1) is 13.6.